The van der Waals surface area contributed by atoms with Gasteiger partial charge >= 0.3 is 0 Å². The molecule has 6 nitrogen and oxygen atoms in total. The van der Waals surface area contributed by atoms with Gasteiger partial charge in [0.2, 0.25) is 5.43 Å². The fourth-order valence-electron chi connectivity index (χ4n) is 2.90. The molecule has 1 amide bonds. The molecule has 1 aromatic carbocycles. The standard InChI is InChI=1S/C20H21ClN4O2/c1-12(9-22-2)14-5-3-13(4-6-14)10-24-20(27)15-11-23-16-7-8-17(21)25-18(16)19(15)26/h3-8,11-12,22H,9-10H2,1-2H3,(H,23,26)(H,24,27). The number of aromatic amines is 1. The third-order valence-electron chi connectivity index (χ3n) is 4.45. The van der Waals surface area contributed by atoms with Crippen LogP contribution >= 0.6 is 11.6 Å². The summed E-state index contributed by atoms with van der Waals surface area (Å²) in [5.41, 5.74) is 2.44. The summed E-state index contributed by atoms with van der Waals surface area (Å²) < 4.78 is 0. The van der Waals surface area contributed by atoms with Crippen molar-refractivity contribution in [1.82, 2.24) is 20.6 Å². The number of carbonyl (C=O) groups excluding carboxylic acids is 1. The van der Waals surface area contributed by atoms with E-state index in [2.05, 4.69) is 39.7 Å². The molecule has 7 heteroatoms. The van der Waals surface area contributed by atoms with Crippen molar-refractivity contribution in [2.75, 3.05) is 13.6 Å². The van der Waals surface area contributed by atoms with Gasteiger partial charge < -0.3 is 15.6 Å². The molecule has 27 heavy (non-hydrogen) atoms. The monoisotopic (exact) mass is 384 g/mol. The molecule has 0 fully saturated rings. The Hall–Kier alpha value is -2.70. The highest BCUT2D eigenvalue weighted by atomic mass is 35.5. The molecule has 0 saturated heterocycles. The molecule has 0 saturated carbocycles. The summed E-state index contributed by atoms with van der Waals surface area (Å²) in [7, 11) is 1.93. The molecule has 140 valence electrons. The predicted molar refractivity (Wildman–Crippen MR) is 107 cm³/mol. The summed E-state index contributed by atoms with van der Waals surface area (Å²) in [6, 6.07) is 11.3. The van der Waals surface area contributed by atoms with Gasteiger partial charge in [0, 0.05) is 19.3 Å². The zero-order chi connectivity index (χ0) is 19.4. The Bertz CT molecular complexity index is 1010. The van der Waals surface area contributed by atoms with Gasteiger partial charge in [-0.2, -0.15) is 0 Å². The summed E-state index contributed by atoms with van der Waals surface area (Å²) >= 11 is 5.85. The van der Waals surface area contributed by atoms with E-state index in [4.69, 9.17) is 11.6 Å². The van der Waals surface area contributed by atoms with Gasteiger partial charge in [-0.05, 0) is 36.2 Å². The molecule has 0 aliphatic rings. The van der Waals surface area contributed by atoms with Crippen molar-refractivity contribution in [1.29, 1.82) is 0 Å². The Balaban J connectivity index is 1.72. The second-order valence-corrected chi connectivity index (χ2v) is 6.83. The summed E-state index contributed by atoms with van der Waals surface area (Å²) in [6.45, 7) is 3.39. The van der Waals surface area contributed by atoms with E-state index in [1.54, 1.807) is 12.1 Å². The van der Waals surface area contributed by atoms with Gasteiger partial charge in [0.25, 0.3) is 5.91 Å². The second kappa shape index (κ2) is 8.33. The lowest BCUT2D eigenvalue weighted by atomic mass is 10.00. The minimum atomic E-state index is -0.451. The van der Waals surface area contributed by atoms with Crippen molar-refractivity contribution in [2.24, 2.45) is 0 Å². The van der Waals surface area contributed by atoms with E-state index >= 15 is 0 Å². The third kappa shape index (κ3) is 4.35. The molecule has 2 aromatic heterocycles. The van der Waals surface area contributed by atoms with Crippen molar-refractivity contribution in [2.45, 2.75) is 19.4 Å². The van der Waals surface area contributed by atoms with Crippen LogP contribution in [0.2, 0.25) is 5.15 Å². The Morgan fingerprint density at radius 1 is 1.22 bits per heavy atom. The molecule has 1 unspecified atom stereocenters. The molecule has 2 heterocycles. The number of rotatable bonds is 6. The van der Waals surface area contributed by atoms with Crippen LogP contribution in [0.4, 0.5) is 0 Å². The van der Waals surface area contributed by atoms with Crippen LogP contribution in [0.1, 0.15) is 34.3 Å². The van der Waals surface area contributed by atoms with Gasteiger partial charge in [0.05, 0.1) is 5.52 Å². The minimum absolute atomic E-state index is 0.0107. The molecule has 0 radical (unpaired) electrons. The number of fused-ring (bicyclic) bond motifs is 1. The van der Waals surface area contributed by atoms with Gasteiger partial charge in [-0.25, -0.2) is 4.98 Å². The van der Waals surface area contributed by atoms with Crippen molar-refractivity contribution in [3.63, 3.8) is 0 Å². The second-order valence-electron chi connectivity index (χ2n) is 6.44. The van der Waals surface area contributed by atoms with Gasteiger partial charge in [0.15, 0.2) is 0 Å². The molecular weight excluding hydrogens is 364 g/mol. The average Bonchev–Trinajstić information content (AvgIpc) is 2.67. The molecular formula is C20H21ClN4O2. The zero-order valence-corrected chi connectivity index (χ0v) is 15.9. The number of amides is 1. The molecule has 0 aliphatic heterocycles. The maximum Gasteiger partial charge on any atom is 0.257 e. The number of likely N-dealkylation sites (N-methyl/N-ethyl adjacent to an activating group) is 1. The Morgan fingerprint density at radius 3 is 2.67 bits per heavy atom. The molecule has 3 rings (SSSR count). The van der Waals surface area contributed by atoms with Gasteiger partial charge in [-0.3, -0.25) is 9.59 Å². The van der Waals surface area contributed by atoms with E-state index < -0.39 is 11.3 Å². The molecule has 0 aliphatic carbocycles. The Kier molecular flexibility index (Phi) is 5.88. The summed E-state index contributed by atoms with van der Waals surface area (Å²) in [5.74, 6) is -0.0401. The van der Waals surface area contributed by atoms with E-state index in [1.807, 2.05) is 19.2 Å². The van der Waals surface area contributed by atoms with Crippen LogP contribution in [0.3, 0.4) is 0 Å². The first-order chi connectivity index (χ1) is 13.0. The highest BCUT2D eigenvalue weighted by molar-refractivity contribution is 6.29. The van der Waals surface area contributed by atoms with E-state index in [9.17, 15) is 9.59 Å². The molecule has 3 N–H and O–H groups in total. The van der Waals surface area contributed by atoms with Crippen LogP contribution in [0.15, 0.2) is 47.4 Å². The van der Waals surface area contributed by atoms with Gasteiger partial charge in [-0.15, -0.1) is 0 Å². The number of hydrogen-bond donors (Lipinski definition) is 3. The topological polar surface area (TPSA) is 86.9 Å². The summed E-state index contributed by atoms with van der Waals surface area (Å²) in [4.78, 5) is 31.9. The normalized spacial score (nSPS) is 12.1. The first-order valence-electron chi connectivity index (χ1n) is 8.69. The van der Waals surface area contributed by atoms with Gasteiger partial charge in [0.1, 0.15) is 16.2 Å². The highest BCUT2D eigenvalue weighted by Gasteiger charge is 2.14. The Labute approximate surface area is 162 Å². The summed E-state index contributed by atoms with van der Waals surface area (Å²) in [5, 5.41) is 6.14. The minimum Gasteiger partial charge on any atom is -0.359 e. The van der Waals surface area contributed by atoms with Crippen LogP contribution < -0.4 is 16.1 Å². The lowest BCUT2D eigenvalue weighted by Gasteiger charge is -2.12. The van der Waals surface area contributed by atoms with Crippen molar-refractivity contribution < 1.29 is 4.79 Å². The number of halogens is 1. The molecule has 3 aromatic rings. The van der Waals surface area contributed by atoms with Crippen LogP contribution in [-0.2, 0) is 6.54 Å². The lowest BCUT2D eigenvalue weighted by Crippen LogP contribution is -2.28. The van der Waals surface area contributed by atoms with Crippen LogP contribution in [0.5, 0.6) is 0 Å². The number of hydrogen-bond acceptors (Lipinski definition) is 4. The average molecular weight is 385 g/mol. The fraction of sp³-hybridized carbons (Fsp3) is 0.250. The summed E-state index contributed by atoms with van der Waals surface area (Å²) in [6.07, 6.45) is 1.40. The maximum atomic E-state index is 12.5. The van der Waals surface area contributed by atoms with Crippen molar-refractivity contribution in [3.8, 4) is 0 Å². The SMILES string of the molecule is CNCC(C)c1ccc(CNC(=O)c2c[nH]c3ccc(Cl)nc3c2=O)cc1. The van der Waals surface area contributed by atoms with E-state index in [0.717, 1.165) is 12.1 Å². The van der Waals surface area contributed by atoms with Crippen LogP contribution in [0, 0.1) is 0 Å². The number of nitrogens with one attached hydrogen (secondary N) is 3. The molecule has 1 atom stereocenters. The van der Waals surface area contributed by atoms with E-state index in [-0.39, 0.29) is 16.2 Å². The maximum absolute atomic E-state index is 12.5. The van der Waals surface area contributed by atoms with Crippen LogP contribution in [-0.4, -0.2) is 29.5 Å². The van der Waals surface area contributed by atoms with Crippen molar-refractivity contribution in [3.05, 3.63) is 74.7 Å². The highest BCUT2D eigenvalue weighted by Crippen LogP contribution is 2.15. The largest absolute Gasteiger partial charge is 0.359 e. The lowest BCUT2D eigenvalue weighted by molar-refractivity contribution is 0.0949. The number of benzene rings is 1. The predicted octanol–water partition coefficient (Wildman–Crippen LogP) is 2.83. The number of nitrogens with zero attached hydrogens (tertiary/aromatic N) is 1. The quantitative estimate of drug-likeness (QED) is 0.570. The molecule has 0 bridgehead atoms. The number of H-pyrrole nitrogens is 1. The number of aromatic nitrogens is 2. The molecule has 0 spiro atoms. The zero-order valence-electron chi connectivity index (χ0n) is 15.2. The fourth-order valence-corrected chi connectivity index (χ4v) is 3.05. The first-order valence-corrected chi connectivity index (χ1v) is 9.07. The first kappa shape index (κ1) is 19.1. The number of carbonyl (C=O) groups is 1. The Morgan fingerprint density at radius 2 is 1.96 bits per heavy atom. The van der Waals surface area contributed by atoms with E-state index in [1.165, 1.54) is 11.8 Å². The smallest absolute Gasteiger partial charge is 0.257 e. The van der Waals surface area contributed by atoms with Crippen molar-refractivity contribution >= 4 is 28.5 Å². The number of pyridine rings is 2. The van der Waals surface area contributed by atoms with E-state index in [0.29, 0.717) is 18.0 Å². The van der Waals surface area contributed by atoms with Crippen LogP contribution in [0.25, 0.3) is 11.0 Å². The van der Waals surface area contributed by atoms with Gasteiger partial charge in [-0.1, -0.05) is 42.8 Å². The third-order valence-corrected chi connectivity index (χ3v) is 4.66.